The van der Waals surface area contributed by atoms with Crippen LogP contribution in [0.3, 0.4) is 0 Å². The van der Waals surface area contributed by atoms with Gasteiger partial charge in [0.15, 0.2) is 29.6 Å². The van der Waals surface area contributed by atoms with Crippen molar-refractivity contribution in [3.8, 4) is 17.0 Å². The third-order valence-corrected chi connectivity index (χ3v) is 7.19. The average molecular weight is 614 g/mol. The number of hydrogen-bond acceptors (Lipinski definition) is 6. The number of ether oxygens (including phenoxy) is 1. The molecule has 1 atom stereocenters. The van der Waals surface area contributed by atoms with E-state index in [1.165, 1.54) is 31.6 Å². The first kappa shape index (κ1) is 31.6. The summed E-state index contributed by atoms with van der Waals surface area (Å²) in [5.41, 5.74) is 2.75. The molecule has 43 heavy (non-hydrogen) atoms. The highest BCUT2D eigenvalue weighted by molar-refractivity contribution is 5.96. The Balaban J connectivity index is 0.00000423. The summed E-state index contributed by atoms with van der Waals surface area (Å²) in [7, 11) is 7.20. The van der Waals surface area contributed by atoms with Gasteiger partial charge >= 0.3 is 0 Å². The van der Waals surface area contributed by atoms with Gasteiger partial charge in [-0.2, -0.15) is 4.39 Å². The van der Waals surface area contributed by atoms with Crippen LogP contribution >= 0.6 is 0 Å². The van der Waals surface area contributed by atoms with E-state index < -0.39 is 11.6 Å². The Morgan fingerprint density at radius 1 is 1.12 bits per heavy atom. The van der Waals surface area contributed by atoms with E-state index in [-0.39, 0.29) is 41.6 Å². The molecule has 10 nitrogen and oxygen atoms in total. The van der Waals surface area contributed by atoms with E-state index in [0.717, 1.165) is 5.56 Å². The molecule has 0 unspecified atom stereocenters. The zero-order valence-electron chi connectivity index (χ0n) is 24.6. The van der Waals surface area contributed by atoms with Gasteiger partial charge in [-0.3, -0.25) is 14.0 Å². The number of methoxy groups -OCH3 is 1. The van der Waals surface area contributed by atoms with Gasteiger partial charge in [-0.15, -0.1) is 0 Å². The van der Waals surface area contributed by atoms with Crippen molar-refractivity contribution >= 4 is 29.0 Å². The van der Waals surface area contributed by atoms with Gasteiger partial charge in [0.2, 0.25) is 5.82 Å². The number of rotatable bonds is 8. The predicted molar refractivity (Wildman–Crippen MR) is 155 cm³/mol. The lowest BCUT2D eigenvalue weighted by atomic mass is 10.1. The van der Waals surface area contributed by atoms with Crippen molar-refractivity contribution in [2.75, 3.05) is 53.2 Å². The zero-order chi connectivity index (χ0) is 30.2. The summed E-state index contributed by atoms with van der Waals surface area (Å²) in [6, 6.07) is 8.02. The Morgan fingerprint density at radius 3 is 2.58 bits per heavy atom. The maximum Gasteiger partial charge on any atom is 0.277 e. The van der Waals surface area contributed by atoms with Crippen molar-refractivity contribution in [2.24, 2.45) is 0 Å². The lowest BCUT2D eigenvalue weighted by molar-refractivity contribution is -0.862. The number of carbonyl (C=O) groups excluding carboxylic acids is 2. The molecule has 1 saturated heterocycles. The molecular formula is C30H34ClF2N7O3. The molecule has 2 N–H and O–H groups in total. The molecule has 0 radical (unpaired) electrons. The molecule has 5 rings (SSSR count). The largest absolute Gasteiger partial charge is 1.00 e. The van der Waals surface area contributed by atoms with Crippen LogP contribution in [-0.2, 0) is 4.79 Å². The minimum Gasteiger partial charge on any atom is -1.00 e. The molecule has 0 spiro atoms. The molecule has 13 heteroatoms. The number of benzene rings is 2. The third kappa shape index (κ3) is 6.70. The Labute approximate surface area is 254 Å². The summed E-state index contributed by atoms with van der Waals surface area (Å²) in [6.07, 6.45) is 5.31. The van der Waals surface area contributed by atoms with Crippen LogP contribution in [0, 0.1) is 18.6 Å². The summed E-state index contributed by atoms with van der Waals surface area (Å²) in [6.45, 7) is 3.38. The number of aromatic nitrogens is 3. The minimum absolute atomic E-state index is 0. The van der Waals surface area contributed by atoms with Crippen LogP contribution in [0.4, 0.5) is 20.3 Å². The number of anilines is 2. The fourth-order valence-electron chi connectivity index (χ4n) is 5.10. The smallest absolute Gasteiger partial charge is 0.277 e. The Hall–Kier alpha value is -4.29. The van der Waals surface area contributed by atoms with Crippen molar-refractivity contribution in [2.45, 2.75) is 19.4 Å². The van der Waals surface area contributed by atoms with Crippen molar-refractivity contribution in [3.63, 3.8) is 0 Å². The number of nitrogens with one attached hydrogen (secondary N) is 2. The van der Waals surface area contributed by atoms with Crippen LogP contribution in [0.25, 0.3) is 16.9 Å². The summed E-state index contributed by atoms with van der Waals surface area (Å²) in [5, 5.41) is 6.28. The highest BCUT2D eigenvalue weighted by atomic mass is 35.5. The Kier molecular flexibility index (Phi) is 9.21. The van der Waals surface area contributed by atoms with Crippen molar-refractivity contribution in [3.05, 3.63) is 71.7 Å². The second-order valence-corrected chi connectivity index (χ2v) is 11.5. The lowest BCUT2D eigenvalue weighted by Crippen LogP contribution is -3.00. The van der Waals surface area contributed by atoms with E-state index in [1.54, 1.807) is 22.7 Å². The molecule has 2 aromatic heterocycles. The third-order valence-electron chi connectivity index (χ3n) is 7.19. The quantitative estimate of drug-likeness (QED) is 0.285. The number of fused-ring (bicyclic) bond motifs is 1. The molecule has 3 heterocycles. The monoisotopic (exact) mass is 613 g/mol. The van der Waals surface area contributed by atoms with Gasteiger partial charge in [0.25, 0.3) is 11.8 Å². The first-order chi connectivity index (χ1) is 19.9. The van der Waals surface area contributed by atoms with Crippen LogP contribution in [0.2, 0.25) is 0 Å². The van der Waals surface area contributed by atoms with Crippen molar-refractivity contribution < 1.29 is 40.0 Å². The highest BCUT2D eigenvalue weighted by Crippen LogP contribution is 2.31. The van der Waals surface area contributed by atoms with Gasteiger partial charge < -0.3 is 37.2 Å². The SMILES string of the molecule is COc1ccc(-c2cnc3c(Nc4ccc(C(=O)N[C@H]5CCN(C(=O)C[N+](C)(C)C)C5)c(C)c4)nccn23)c(F)c1F.[Cl-]. The molecule has 0 aliphatic carbocycles. The van der Waals surface area contributed by atoms with Gasteiger partial charge in [-0.25, -0.2) is 14.4 Å². The number of amides is 2. The number of nitrogens with zero attached hydrogens (tertiary/aromatic N) is 5. The summed E-state index contributed by atoms with van der Waals surface area (Å²) in [5.74, 6) is -2.00. The minimum atomic E-state index is -1.07. The molecule has 0 bridgehead atoms. The number of likely N-dealkylation sites (tertiary alicyclic amines) is 1. The lowest BCUT2D eigenvalue weighted by Gasteiger charge is -2.26. The first-order valence-corrected chi connectivity index (χ1v) is 13.6. The predicted octanol–water partition coefficient (Wildman–Crippen LogP) is 0.776. The van der Waals surface area contributed by atoms with E-state index in [4.69, 9.17) is 4.74 Å². The number of hydrogen-bond donors (Lipinski definition) is 2. The Bertz CT molecular complexity index is 1670. The van der Waals surface area contributed by atoms with Gasteiger partial charge in [-0.1, -0.05) is 0 Å². The van der Waals surface area contributed by atoms with E-state index >= 15 is 0 Å². The van der Waals surface area contributed by atoms with Gasteiger partial charge in [-0.05, 0) is 49.2 Å². The maximum atomic E-state index is 14.8. The van der Waals surface area contributed by atoms with E-state index in [9.17, 15) is 18.4 Å². The number of aryl methyl sites for hydroxylation is 1. The van der Waals surface area contributed by atoms with E-state index in [2.05, 4.69) is 20.6 Å². The highest BCUT2D eigenvalue weighted by Gasteiger charge is 2.30. The standard InChI is InChI=1S/C30H33F2N7O3.ClH/c1-18-14-19(6-7-21(18)30(41)36-20-10-12-37(16-20)25(40)17-39(2,3)4)35-28-29-34-15-23(38(29)13-11-33-28)22-8-9-24(42-5)27(32)26(22)31;/h6-9,11,13-15,20H,10,12,16-17H2,1-5H3,(H-,33,35,36,41);1H/t20-;/m0./s1. The second kappa shape index (κ2) is 12.5. The number of halogens is 3. The molecule has 4 aromatic rings. The Morgan fingerprint density at radius 2 is 1.88 bits per heavy atom. The molecule has 2 amide bonds. The number of quaternary nitrogens is 1. The fourth-order valence-corrected chi connectivity index (χ4v) is 5.10. The molecule has 1 aliphatic rings. The second-order valence-electron chi connectivity index (χ2n) is 11.5. The fraction of sp³-hybridized carbons (Fsp3) is 0.333. The van der Waals surface area contributed by atoms with Crippen LogP contribution in [0.15, 0.2) is 48.9 Å². The van der Waals surface area contributed by atoms with Crippen LogP contribution in [0.5, 0.6) is 5.75 Å². The normalized spacial score (nSPS) is 14.9. The molecule has 0 saturated carbocycles. The summed E-state index contributed by atoms with van der Waals surface area (Å²) < 4.78 is 36.2. The van der Waals surface area contributed by atoms with Gasteiger partial charge in [0.1, 0.15) is 0 Å². The van der Waals surface area contributed by atoms with Gasteiger partial charge in [0, 0.05) is 48.3 Å². The van der Waals surface area contributed by atoms with Crippen LogP contribution in [0.1, 0.15) is 22.3 Å². The summed E-state index contributed by atoms with van der Waals surface area (Å²) >= 11 is 0. The molecule has 1 aliphatic heterocycles. The van der Waals surface area contributed by atoms with E-state index in [0.29, 0.717) is 58.9 Å². The van der Waals surface area contributed by atoms with Crippen molar-refractivity contribution in [1.82, 2.24) is 24.6 Å². The van der Waals surface area contributed by atoms with E-state index in [1.807, 2.05) is 39.0 Å². The molecular weight excluding hydrogens is 580 g/mol. The number of imidazole rings is 1. The topological polar surface area (TPSA) is 101 Å². The van der Waals surface area contributed by atoms with Crippen LogP contribution in [-0.4, -0.2) is 89.5 Å². The van der Waals surface area contributed by atoms with Crippen LogP contribution < -0.4 is 27.8 Å². The first-order valence-electron chi connectivity index (χ1n) is 13.6. The molecule has 228 valence electrons. The maximum absolute atomic E-state index is 14.8. The average Bonchev–Trinajstić information content (AvgIpc) is 3.57. The molecule has 2 aromatic carbocycles. The number of likely N-dealkylation sites (N-methyl/N-ethyl adjacent to an activating group) is 1. The number of carbonyl (C=O) groups is 2. The zero-order valence-corrected chi connectivity index (χ0v) is 25.4. The van der Waals surface area contributed by atoms with Crippen molar-refractivity contribution in [1.29, 1.82) is 0 Å². The molecule has 1 fully saturated rings. The summed E-state index contributed by atoms with van der Waals surface area (Å²) in [4.78, 5) is 36.2. The van der Waals surface area contributed by atoms with Gasteiger partial charge in [0.05, 0.1) is 40.1 Å².